The lowest BCUT2D eigenvalue weighted by atomic mass is 9.88. The third kappa shape index (κ3) is 3.15. The first-order valence-corrected chi connectivity index (χ1v) is 10.1. The van der Waals surface area contributed by atoms with Crippen molar-refractivity contribution in [3.05, 3.63) is 59.9 Å². The number of fused-ring (bicyclic) bond motifs is 1. The molecule has 10 nitrogen and oxygen atoms in total. The van der Waals surface area contributed by atoms with Crippen LogP contribution in [0.1, 0.15) is 11.3 Å². The molecule has 1 atom stereocenters. The van der Waals surface area contributed by atoms with Gasteiger partial charge in [-0.1, -0.05) is 29.4 Å². The van der Waals surface area contributed by atoms with E-state index in [4.69, 9.17) is 15.0 Å². The van der Waals surface area contributed by atoms with E-state index in [9.17, 15) is 14.7 Å². The zero-order chi connectivity index (χ0) is 23.3. The van der Waals surface area contributed by atoms with Crippen LogP contribution in [0.4, 0.5) is 10.7 Å². The van der Waals surface area contributed by atoms with Gasteiger partial charge in [-0.25, -0.2) is 4.79 Å². The lowest BCUT2D eigenvalue weighted by Crippen LogP contribution is -2.47. The predicted molar refractivity (Wildman–Crippen MR) is 120 cm³/mol. The average molecular weight is 447 g/mol. The van der Waals surface area contributed by atoms with Crippen molar-refractivity contribution in [3.8, 4) is 22.8 Å². The summed E-state index contributed by atoms with van der Waals surface area (Å²) >= 11 is 0. The van der Waals surface area contributed by atoms with Gasteiger partial charge in [0.05, 0.1) is 24.9 Å². The zero-order valence-electron chi connectivity index (χ0n) is 17.9. The van der Waals surface area contributed by atoms with Gasteiger partial charge in [0.15, 0.2) is 11.4 Å². The number of nitrogen functional groups attached to an aromatic ring is 1. The molecule has 3 heterocycles. The molecule has 4 aromatic rings. The molecular weight excluding hydrogens is 426 g/mol. The van der Waals surface area contributed by atoms with E-state index >= 15 is 0 Å². The number of aromatic nitrogens is 2. The molecule has 1 saturated heterocycles. The van der Waals surface area contributed by atoms with E-state index in [0.717, 1.165) is 10.9 Å². The van der Waals surface area contributed by atoms with Crippen LogP contribution in [0.5, 0.6) is 11.6 Å². The summed E-state index contributed by atoms with van der Waals surface area (Å²) in [7, 11) is 1.54. The van der Waals surface area contributed by atoms with E-state index in [1.165, 1.54) is 4.57 Å². The highest BCUT2D eigenvalue weighted by molar-refractivity contribution is 6.07. The van der Waals surface area contributed by atoms with Gasteiger partial charge in [0.25, 0.3) is 5.91 Å². The molecule has 0 aliphatic carbocycles. The number of imide groups is 1. The van der Waals surface area contributed by atoms with E-state index in [2.05, 4.69) is 15.8 Å². The normalized spacial score (nSPS) is 17.9. The first-order chi connectivity index (χ1) is 15.8. The number of benzene rings is 2. The fourth-order valence-corrected chi connectivity index (χ4v) is 4.29. The highest BCUT2D eigenvalue weighted by Gasteiger charge is 2.48. The molecule has 2 aromatic heterocycles. The van der Waals surface area contributed by atoms with E-state index in [-0.39, 0.29) is 18.3 Å². The van der Waals surface area contributed by atoms with Crippen molar-refractivity contribution in [3.63, 3.8) is 0 Å². The number of carbonyl (C=O) groups is 2. The Morgan fingerprint density at radius 3 is 2.58 bits per heavy atom. The smallest absolute Gasteiger partial charge is 0.322 e. The maximum Gasteiger partial charge on any atom is 0.322 e. The highest BCUT2D eigenvalue weighted by atomic mass is 16.5. The minimum Gasteiger partial charge on any atom is -0.497 e. The van der Waals surface area contributed by atoms with Gasteiger partial charge < -0.3 is 30.0 Å². The van der Waals surface area contributed by atoms with Gasteiger partial charge in [0.2, 0.25) is 5.88 Å². The van der Waals surface area contributed by atoms with Crippen LogP contribution in [0.3, 0.4) is 0 Å². The lowest BCUT2D eigenvalue weighted by molar-refractivity contribution is -0.124. The van der Waals surface area contributed by atoms with Crippen LogP contribution in [0, 0.1) is 6.92 Å². The second-order valence-corrected chi connectivity index (χ2v) is 7.93. The molecule has 2 aromatic carbocycles. The summed E-state index contributed by atoms with van der Waals surface area (Å²) in [6, 6.07) is 11.7. The number of nitrogens with two attached hydrogens (primary N) is 1. The second kappa shape index (κ2) is 7.30. The topological polar surface area (TPSA) is 145 Å². The van der Waals surface area contributed by atoms with Crippen LogP contribution in [0.15, 0.2) is 53.2 Å². The number of nitrogens with zero attached hydrogens (tertiary/aromatic N) is 2. The fraction of sp³-hybridized carbons (Fsp3) is 0.174. The third-order valence-corrected chi connectivity index (χ3v) is 5.97. The number of nitrogens with one attached hydrogen (secondary N) is 2. The monoisotopic (exact) mass is 447 g/mol. The van der Waals surface area contributed by atoms with E-state index < -0.39 is 17.5 Å². The maximum absolute atomic E-state index is 13.0. The summed E-state index contributed by atoms with van der Waals surface area (Å²) in [5.41, 5.74) is 7.06. The highest BCUT2D eigenvalue weighted by Crippen LogP contribution is 2.36. The molecule has 168 valence electrons. The summed E-state index contributed by atoms with van der Waals surface area (Å²) in [5, 5.41) is 21.1. The molecular formula is C23H21N5O5. The predicted octanol–water partition coefficient (Wildman–Crippen LogP) is 2.64. The second-order valence-electron chi connectivity index (χ2n) is 7.93. The SMILES string of the molecule is COc1ccc2cn(C[C@@]3(c4ccc(-c5c(C)noc5N)cc4)NC(=O)NC3=O)c(O)c2c1. The Hall–Kier alpha value is -4.47. The summed E-state index contributed by atoms with van der Waals surface area (Å²) in [4.78, 5) is 25.2. The number of hydrogen-bond donors (Lipinski definition) is 4. The van der Waals surface area contributed by atoms with Crippen molar-refractivity contribution in [2.75, 3.05) is 12.8 Å². The molecule has 3 amide bonds. The number of aromatic hydroxyl groups is 1. The third-order valence-electron chi connectivity index (χ3n) is 5.97. The molecule has 1 aliphatic rings. The number of ether oxygens (including phenoxy) is 1. The van der Waals surface area contributed by atoms with Gasteiger partial charge in [-0.2, -0.15) is 0 Å². The zero-order valence-corrected chi connectivity index (χ0v) is 17.9. The Morgan fingerprint density at radius 1 is 1.21 bits per heavy atom. The Kier molecular flexibility index (Phi) is 4.52. The molecule has 1 aliphatic heterocycles. The number of carbonyl (C=O) groups excluding carboxylic acids is 2. The molecule has 5 N–H and O–H groups in total. The molecule has 5 rings (SSSR count). The van der Waals surface area contributed by atoms with E-state index in [1.54, 1.807) is 56.6 Å². The molecule has 10 heteroatoms. The van der Waals surface area contributed by atoms with Gasteiger partial charge in [0.1, 0.15) is 5.75 Å². The number of rotatable bonds is 5. The van der Waals surface area contributed by atoms with Crippen molar-refractivity contribution in [1.82, 2.24) is 20.4 Å². The van der Waals surface area contributed by atoms with Crippen LogP contribution >= 0.6 is 0 Å². The number of amides is 3. The summed E-state index contributed by atoms with van der Waals surface area (Å²) in [6.45, 7) is 1.75. The van der Waals surface area contributed by atoms with Crippen molar-refractivity contribution in [2.45, 2.75) is 19.0 Å². The average Bonchev–Trinajstić information content (AvgIpc) is 3.41. The molecule has 0 unspecified atom stereocenters. The molecule has 0 spiro atoms. The van der Waals surface area contributed by atoms with Gasteiger partial charge in [-0.3, -0.25) is 10.1 Å². The number of methoxy groups -OCH3 is 1. The molecule has 0 saturated carbocycles. The number of urea groups is 1. The fourth-order valence-electron chi connectivity index (χ4n) is 4.29. The summed E-state index contributed by atoms with van der Waals surface area (Å²) in [6.07, 6.45) is 1.72. The first kappa shape index (κ1) is 20.4. The van der Waals surface area contributed by atoms with Crippen LogP contribution in [0.25, 0.3) is 21.9 Å². The molecule has 1 fully saturated rings. The Balaban J connectivity index is 1.58. The van der Waals surface area contributed by atoms with Crippen molar-refractivity contribution >= 4 is 28.6 Å². The van der Waals surface area contributed by atoms with E-state index in [0.29, 0.717) is 28.0 Å². The van der Waals surface area contributed by atoms with Gasteiger partial charge in [-0.15, -0.1) is 0 Å². The van der Waals surface area contributed by atoms with E-state index in [1.807, 2.05) is 6.07 Å². The molecule has 33 heavy (non-hydrogen) atoms. The van der Waals surface area contributed by atoms with Crippen LogP contribution in [0.2, 0.25) is 0 Å². The Morgan fingerprint density at radius 2 is 1.97 bits per heavy atom. The number of anilines is 1. The van der Waals surface area contributed by atoms with Crippen molar-refractivity contribution < 1.29 is 24.0 Å². The summed E-state index contributed by atoms with van der Waals surface area (Å²) in [5.74, 6) is 0.231. The van der Waals surface area contributed by atoms with Crippen LogP contribution in [-0.4, -0.2) is 33.9 Å². The maximum atomic E-state index is 13.0. The lowest BCUT2D eigenvalue weighted by Gasteiger charge is -2.27. The summed E-state index contributed by atoms with van der Waals surface area (Å²) < 4.78 is 11.8. The van der Waals surface area contributed by atoms with Gasteiger partial charge in [0, 0.05) is 17.0 Å². The van der Waals surface area contributed by atoms with Gasteiger partial charge in [-0.05, 0) is 36.2 Å². The quantitative estimate of drug-likeness (QED) is 0.344. The molecule has 0 radical (unpaired) electrons. The Bertz CT molecular complexity index is 1390. The molecule has 0 bridgehead atoms. The van der Waals surface area contributed by atoms with Crippen LogP contribution in [-0.2, 0) is 16.9 Å². The van der Waals surface area contributed by atoms with Crippen molar-refractivity contribution in [2.24, 2.45) is 0 Å². The number of hydrogen-bond acceptors (Lipinski definition) is 7. The largest absolute Gasteiger partial charge is 0.497 e. The number of aryl methyl sites for hydroxylation is 1. The van der Waals surface area contributed by atoms with Gasteiger partial charge >= 0.3 is 6.03 Å². The standard InChI is InChI=1S/C23H21N5O5/c1-12-18(19(24)33-27-12)13-3-6-15(7-4-13)23(21(30)25-22(31)26-23)11-28-10-14-5-8-16(32-2)9-17(14)20(28)29/h3-10,29H,11,24H2,1-2H3,(H2,25,26,30,31)/t23-/m0/s1. The van der Waals surface area contributed by atoms with Crippen LogP contribution < -0.4 is 21.1 Å². The first-order valence-electron chi connectivity index (χ1n) is 10.1. The minimum absolute atomic E-state index is 0.0266. The van der Waals surface area contributed by atoms with Crippen molar-refractivity contribution in [1.29, 1.82) is 0 Å². The minimum atomic E-state index is -1.43. The Labute approximate surface area is 187 Å².